The number of nitrogens with zero attached hydrogens (tertiary/aromatic N) is 1. The van der Waals surface area contributed by atoms with E-state index in [0.717, 1.165) is 5.92 Å². The van der Waals surface area contributed by atoms with Gasteiger partial charge >= 0.3 is 0 Å². The van der Waals surface area contributed by atoms with Gasteiger partial charge in [-0.05, 0) is 64.0 Å². The molecule has 2 aliphatic rings. The Morgan fingerprint density at radius 2 is 2.22 bits per heavy atom. The van der Waals surface area contributed by atoms with Crippen molar-refractivity contribution in [3.05, 3.63) is 23.9 Å². The molecule has 0 bridgehead atoms. The van der Waals surface area contributed by atoms with Gasteiger partial charge in [-0.15, -0.1) is 0 Å². The lowest BCUT2D eigenvalue weighted by molar-refractivity contribution is 0.354. The van der Waals surface area contributed by atoms with Crippen LogP contribution in [-0.2, 0) is 0 Å². The Kier molecular flexibility index (Phi) is 5.14. The molecule has 0 aromatic carbocycles. The third-order valence-electron chi connectivity index (χ3n) is 3.95. The van der Waals surface area contributed by atoms with E-state index in [-0.39, 0.29) is 0 Å². The topological polar surface area (TPSA) is 36.4 Å². The largest absolute Gasteiger partial charge is 0.317 e. The van der Waals surface area contributed by atoms with E-state index in [9.17, 15) is 0 Å². The molecule has 1 aliphatic heterocycles. The summed E-state index contributed by atoms with van der Waals surface area (Å²) in [6, 6.07) is 0.657. The lowest BCUT2D eigenvalue weighted by Crippen LogP contribution is -2.34. The van der Waals surface area contributed by atoms with E-state index in [2.05, 4.69) is 41.4 Å². The van der Waals surface area contributed by atoms with Crippen LogP contribution in [0.5, 0.6) is 0 Å². The van der Waals surface area contributed by atoms with Crippen molar-refractivity contribution in [1.29, 1.82) is 0 Å². The highest BCUT2D eigenvalue weighted by molar-refractivity contribution is 5.33. The Bertz CT molecular complexity index is 327. The van der Waals surface area contributed by atoms with Crippen LogP contribution in [0.25, 0.3) is 0 Å². The maximum Gasteiger partial charge on any atom is 0.0295 e. The molecule has 1 aliphatic carbocycles. The van der Waals surface area contributed by atoms with Crippen molar-refractivity contribution in [2.24, 2.45) is 16.8 Å². The minimum absolute atomic E-state index is 0.647. The van der Waals surface area contributed by atoms with E-state index in [1.807, 2.05) is 6.20 Å². The average molecular weight is 247 g/mol. The summed E-state index contributed by atoms with van der Waals surface area (Å²) in [5, 5.41) is 7.12. The van der Waals surface area contributed by atoms with Crippen LogP contribution in [0.4, 0.5) is 0 Å². The first-order chi connectivity index (χ1) is 8.85. The maximum absolute atomic E-state index is 3.90. The molecular weight excluding hydrogens is 222 g/mol. The van der Waals surface area contributed by atoms with Gasteiger partial charge in [-0.1, -0.05) is 12.2 Å². The van der Waals surface area contributed by atoms with Gasteiger partial charge in [0.25, 0.3) is 0 Å². The van der Waals surface area contributed by atoms with E-state index < -0.39 is 0 Å². The van der Waals surface area contributed by atoms with E-state index >= 15 is 0 Å². The summed E-state index contributed by atoms with van der Waals surface area (Å²) in [7, 11) is 0. The summed E-state index contributed by atoms with van der Waals surface area (Å²) in [5.74, 6) is 1.51. The summed E-state index contributed by atoms with van der Waals surface area (Å²) >= 11 is 0. The highest BCUT2D eigenvalue weighted by Gasteiger charge is 2.38. The second-order valence-corrected chi connectivity index (χ2v) is 5.36. The third-order valence-corrected chi connectivity index (χ3v) is 3.95. The number of aliphatic imine (C=N–C) groups is 1. The minimum Gasteiger partial charge on any atom is -0.317 e. The molecule has 0 unspecified atom stereocenters. The monoisotopic (exact) mass is 247 g/mol. The van der Waals surface area contributed by atoms with Gasteiger partial charge in [0.15, 0.2) is 0 Å². The van der Waals surface area contributed by atoms with Crippen molar-refractivity contribution in [3.8, 4) is 0 Å². The van der Waals surface area contributed by atoms with E-state index in [0.29, 0.717) is 12.0 Å². The average Bonchev–Trinajstić information content (AvgIpc) is 3.17. The molecule has 2 rings (SSSR count). The highest BCUT2D eigenvalue weighted by atomic mass is 15.0. The van der Waals surface area contributed by atoms with Gasteiger partial charge in [-0.3, -0.25) is 4.99 Å². The fourth-order valence-corrected chi connectivity index (χ4v) is 2.75. The molecule has 3 nitrogen and oxygen atoms in total. The van der Waals surface area contributed by atoms with Crippen LogP contribution >= 0.6 is 0 Å². The summed E-state index contributed by atoms with van der Waals surface area (Å²) in [6.45, 7) is 9.15. The number of rotatable bonds is 6. The lowest BCUT2D eigenvalue weighted by atomic mass is 9.98. The molecule has 2 fully saturated rings. The number of hydrogen-bond donors (Lipinski definition) is 2. The molecule has 0 aromatic rings. The normalized spacial score (nSPS) is 29.7. The standard InChI is InChI=1S/C15H25N3/c1-3-4-13(11-16-2)14-9-15(14)18-10-12-5-7-17-8-6-12/h3-4,11-12,14-15,17-18H,2,5-10H2,1H3/b4-3-,13-11+/t14-,15+/m1/s1. The number of allylic oxidation sites excluding steroid dienone is 2. The molecule has 18 heavy (non-hydrogen) atoms. The first-order valence-corrected chi connectivity index (χ1v) is 7.08. The fourth-order valence-electron chi connectivity index (χ4n) is 2.75. The Hall–Kier alpha value is -0.930. The molecular formula is C15H25N3. The van der Waals surface area contributed by atoms with Crippen LogP contribution in [0.2, 0.25) is 0 Å². The van der Waals surface area contributed by atoms with Crippen molar-refractivity contribution in [1.82, 2.24) is 10.6 Å². The van der Waals surface area contributed by atoms with Crippen molar-refractivity contribution in [3.63, 3.8) is 0 Å². The first kappa shape index (κ1) is 13.5. The number of hydrogen-bond acceptors (Lipinski definition) is 3. The summed E-state index contributed by atoms with van der Waals surface area (Å²) in [5.41, 5.74) is 1.32. The van der Waals surface area contributed by atoms with Crippen molar-refractivity contribution in [2.45, 2.75) is 32.2 Å². The molecule has 100 valence electrons. The van der Waals surface area contributed by atoms with Crippen molar-refractivity contribution < 1.29 is 0 Å². The smallest absolute Gasteiger partial charge is 0.0295 e. The van der Waals surface area contributed by atoms with E-state index in [4.69, 9.17) is 0 Å². The predicted octanol–water partition coefficient (Wildman–Crippen LogP) is 2.12. The zero-order valence-electron chi connectivity index (χ0n) is 11.4. The maximum atomic E-state index is 3.90. The van der Waals surface area contributed by atoms with Gasteiger partial charge in [0.2, 0.25) is 0 Å². The predicted molar refractivity (Wildman–Crippen MR) is 77.9 cm³/mol. The zero-order chi connectivity index (χ0) is 12.8. The Morgan fingerprint density at radius 3 is 2.89 bits per heavy atom. The van der Waals surface area contributed by atoms with Crippen LogP contribution in [0.15, 0.2) is 28.9 Å². The molecule has 1 saturated carbocycles. The third kappa shape index (κ3) is 3.79. The van der Waals surface area contributed by atoms with Crippen LogP contribution in [0.1, 0.15) is 26.2 Å². The fraction of sp³-hybridized carbons (Fsp3) is 0.667. The Balaban J connectivity index is 1.73. The molecule has 1 saturated heterocycles. The SMILES string of the molecule is C=N/C=C(\C=C/C)[C@H]1C[C@@H]1NCC1CCNCC1. The van der Waals surface area contributed by atoms with Crippen LogP contribution in [-0.4, -0.2) is 32.4 Å². The van der Waals surface area contributed by atoms with Crippen LogP contribution in [0.3, 0.4) is 0 Å². The lowest BCUT2D eigenvalue weighted by Gasteiger charge is -2.22. The molecule has 0 amide bonds. The second-order valence-electron chi connectivity index (χ2n) is 5.36. The molecule has 2 N–H and O–H groups in total. The number of nitrogens with one attached hydrogen (secondary N) is 2. The second kappa shape index (κ2) is 6.86. The Labute approximate surface area is 110 Å². The highest BCUT2D eigenvalue weighted by Crippen LogP contribution is 2.38. The van der Waals surface area contributed by atoms with Gasteiger partial charge in [0.1, 0.15) is 0 Å². The summed E-state index contributed by atoms with van der Waals surface area (Å²) in [6.07, 6.45) is 10.0. The van der Waals surface area contributed by atoms with Gasteiger partial charge in [-0.25, -0.2) is 0 Å². The molecule has 0 spiro atoms. The first-order valence-electron chi connectivity index (χ1n) is 7.08. The van der Waals surface area contributed by atoms with Gasteiger partial charge in [0, 0.05) is 18.2 Å². The Morgan fingerprint density at radius 1 is 1.44 bits per heavy atom. The zero-order valence-corrected chi connectivity index (χ0v) is 11.4. The van der Waals surface area contributed by atoms with Crippen molar-refractivity contribution in [2.75, 3.05) is 19.6 Å². The van der Waals surface area contributed by atoms with Gasteiger partial charge < -0.3 is 10.6 Å². The summed E-state index contributed by atoms with van der Waals surface area (Å²) < 4.78 is 0. The van der Waals surface area contributed by atoms with Crippen LogP contribution in [0, 0.1) is 11.8 Å². The minimum atomic E-state index is 0.647. The molecule has 0 radical (unpaired) electrons. The van der Waals surface area contributed by atoms with E-state index in [1.165, 1.54) is 44.5 Å². The molecule has 1 heterocycles. The van der Waals surface area contributed by atoms with Crippen LogP contribution < -0.4 is 10.6 Å². The molecule has 2 atom stereocenters. The van der Waals surface area contributed by atoms with Crippen molar-refractivity contribution >= 4 is 6.72 Å². The van der Waals surface area contributed by atoms with Gasteiger partial charge in [-0.2, -0.15) is 0 Å². The molecule has 3 heteroatoms. The number of piperidine rings is 1. The molecule has 0 aromatic heterocycles. The van der Waals surface area contributed by atoms with E-state index in [1.54, 1.807) is 0 Å². The van der Waals surface area contributed by atoms with Gasteiger partial charge in [0.05, 0.1) is 0 Å². The summed E-state index contributed by atoms with van der Waals surface area (Å²) in [4.78, 5) is 3.90. The quantitative estimate of drug-likeness (QED) is 0.557.